The molecule has 0 N–H and O–H groups in total. The molecule has 19 heavy (non-hydrogen) atoms. The van der Waals surface area contributed by atoms with Crippen molar-refractivity contribution in [1.29, 1.82) is 5.26 Å². The standard InChI is InChI=1S/C10H7F5N2O2/c1-18-9-6(7(11)12)4-5(2-3-16)8(17-9)19-10(13,14)15/h4,7H,2H2,1H3. The van der Waals surface area contributed by atoms with Crippen molar-refractivity contribution in [3.05, 3.63) is 17.2 Å². The van der Waals surface area contributed by atoms with Crippen LogP contribution in [0, 0.1) is 11.3 Å². The van der Waals surface area contributed by atoms with Gasteiger partial charge in [0, 0.05) is 5.56 Å². The Balaban J connectivity index is 3.32. The SMILES string of the molecule is COc1nc(OC(F)(F)F)c(CC#N)cc1C(F)F. The minimum atomic E-state index is -5.05. The molecule has 0 bridgehead atoms. The van der Waals surface area contributed by atoms with Gasteiger partial charge in [0.1, 0.15) is 0 Å². The number of alkyl halides is 5. The zero-order valence-electron chi connectivity index (χ0n) is 9.46. The highest BCUT2D eigenvalue weighted by Crippen LogP contribution is 2.34. The first-order valence-corrected chi connectivity index (χ1v) is 4.77. The lowest BCUT2D eigenvalue weighted by molar-refractivity contribution is -0.276. The summed E-state index contributed by atoms with van der Waals surface area (Å²) in [5.74, 6) is -1.66. The van der Waals surface area contributed by atoms with Gasteiger partial charge in [-0.2, -0.15) is 10.2 Å². The lowest BCUT2D eigenvalue weighted by Crippen LogP contribution is -2.19. The summed E-state index contributed by atoms with van der Waals surface area (Å²) >= 11 is 0. The second-order valence-corrected chi connectivity index (χ2v) is 3.23. The van der Waals surface area contributed by atoms with Crippen molar-refractivity contribution in [1.82, 2.24) is 4.98 Å². The Hall–Kier alpha value is -2.11. The van der Waals surface area contributed by atoms with Crippen molar-refractivity contribution >= 4 is 0 Å². The molecule has 9 heteroatoms. The van der Waals surface area contributed by atoms with Crippen molar-refractivity contribution < 1.29 is 31.4 Å². The topological polar surface area (TPSA) is 55.1 Å². The molecule has 1 aromatic heterocycles. The number of nitriles is 1. The average Bonchev–Trinajstić information content (AvgIpc) is 2.28. The van der Waals surface area contributed by atoms with Crippen LogP contribution < -0.4 is 9.47 Å². The first-order chi connectivity index (χ1) is 8.78. The smallest absolute Gasteiger partial charge is 0.481 e. The number of halogens is 5. The van der Waals surface area contributed by atoms with Crippen molar-refractivity contribution in [2.75, 3.05) is 7.11 Å². The zero-order valence-corrected chi connectivity index (χ0v) is 9.46. The Morgan fingerprint density at radius 2 is 2.00 bits per heavy atom. The van der Waals surface area contributed by atoms with Crippen LogP contribution >= 0.6 is 0 Å². The Labute approximate surface area is 104 Å². The predicted molar refractivity (Wildman–Crippen MR) is 51.7 cm³/mol. The average molecular weight is 282 g/mol. The molecule has 104 valence electrons. The van der Waals surface area contributed by atoms with E-state index in [9.17, 15) is 22.0 Å². The molecular formula is C10H7F5N2O2. The lowest BCUT2D eigenvalue weighted by Gasteiger charge is -2.14. The molecule has 0 aliphatic heterocycles. The maximum absolute atomic E-state index is 12.6. The van der Waals surface area contributed by atoms with E-state index in [0.29, 0.717) is 6.07 Å². The van der Waals surface area contributed by atoms with Crippen LogP contribution in [0.3, 0.4) is 0 Å². The third kappa shape index (κ3) is 3.94. The maximum atomic E-state index is 12.6. The highest BCUT2D eigenvalue weighted by molar-refractivity contribution is 5.40. The van der Waals surface area contributed by atoms with Gasteiger partial charge in [-0.1, -0.05) is 0 Å². The Morgan fingerprint density at radius 1 is 1.37 bits per heavy atom. The third-order valence-electron chi connectivity index (χ3n) is 1.96. The molecular weight excluding hydrogens is 275 g/mol. The van der Waals surface area contributed by atoms with Crippen LogP contribution in [0.2, 0.25) is 0 Å². The molecule has 0 saturated heterocycles. The number of nitrogens with zero attached hydrogens (tertiary/aromatic N) is 2. The van der Waals surface area contributed by atoms with Gasteiger partial charge in [0.15, 0.2) is 0 Å². The number of ether oxygens (including phenoxy) is 2. The van der Waals surface area contributed by atoms with Crippen LogP contribution in [-0.2, 0) is 6.42 Å². The van der Waals surface area contributed by atoms with Crippen LogP contribution in [0.1, 0.15) is 17.6 Å². The lowest BCUT2D eigenvalue weighted by atomic mass is 10.1. The fraction of sp³-hybridized carbons (Fsp3) is 0.400. The van der Waals surface area contributed by atoms with Gasteiger partial charge in [-0.05, 0) is 6.07 Å². The van der Waals surface area contributed by atoms with E-state index in [2.05, 4.69) is 14.5 Å². The summed E-state index contributed by atoms with van der Waals surface area (Å²) < 4.78 is 69.7. The minimum Gasteiger partial charge on any atom is -0.481 e. The van der Waals surface area contributed by atoms with E-state index in [0.717, 1.165) is 7.11 Å². The number of hydrogen-bond acceptors (Lipinski definition) is 4. The van der Waals surface area contributed by atoms with Gasteiger partial charge in [-0.3, -0.25) is 0 Å². The van der Waals surface area contributed by atoms with E-state index in [4.69, 9.17) is 5.26 Å². The molecule has 0 radical (unpaired) electrons. The first-order valence-electron chi connectivity index (χ1n) is 4.77. The van der Waals surface area contributed by atoms with Gasteiger partial charge < -0.3 is 9.47 Å². The summed E-state index contributed by atoms with van der Waals surface area (Å²) in [7, 11) is 0.982. The second kappa shape index (κ2) is 5.69. The molecule has 0 atom stereocenters. The summed E-state index contributed by atoms with van der Waals surface area (Å²) in [4.78, 5) is 3.22. The van der Waals surface area contributed by atoms with Crippen molar-refractivity contribution in [2.45, 2.75) is 19.2 Å². The molecule has 0 aromatic carbocycles. The molecule has 0 amide bonds. The van der Waals surface area contributed by atoms with E-state index in [-0.39, 0.29) is 0 Å². The van der Waals surface area contributed by atoms with E-state index < -0.39 is 42.1 Å². The highest BCUT2D eigenvalue weighted by atomic mass is 19.4. The monoisotopic (exact) mass is 282 g/mol. The normalized spacial score (nSPS) is 11.3. The fourth-order valence-corrected chi connectivity index (χ4v) is 1.27. The van der Waals surface area contributed by atoms with Crippen LogP contribution in [0.4, 0.5) is 22.0 Å². The fourth-order valence-electron chi connectivity index (χ4n) is 1.27. The van der Waals surface area contributed by atoms with Gasteiger partial charge in [0.2, 0.25) is 11.8 Å². The number of pyridine rings is 1. The highest BCUT2D eigenvalue weighted by Gasteiger charge is 2.34. The number of aromatic nitrogens is 1. The van der Waals surface area contributed by atoms with Crippen LogP contribution in [0.25, 0.3) is 0 Å². The maximum Gasteiger partial charge on any atom is 0.574 e. The first kappa shape index (κ1) is 14.9. The Kier molecular flexibility index (Phi) is 4.47. The van der Waals surface area contributed by atoms with E-state index in [1.807, 2.05) is 0 Å². The Morgan fingerprint density at radius 3 is 2.42 bits per heavy atom. The number of rotatable bonds is 4. The van der Waals surface area contributed by atoms with Crippen molar-refractivity contribution in [3.8, 4) is 17.8 Å². The molecule has 0 fully saturated rings. The number of methoxy groups -OCH3 is 1. The van der Waals surface area contributed by atoms with Gasteiger partial charge in [-0.25, -0.2) is 8.78 Å². The molecule has 0 saturated carbocycles. The summed E-state index contributed by atoms with van der Waals surface area (Å²) in [6.07, 6.45) is -8.60. The largest absolute Gasteiger partial charge is 0.574 e. The van der Waals surface area contributed by atoms with E-state index in [1.54, 1.807) is 6.07 Å². The summed E-state index contributed by atoms with van der Waals surface area (Å²) in [6.45, 7) is 0. The molecule has 1 rings (SSSR count). The zero-order chi connectivity index (χ0) is 14.6. The molecule has 0 aliphatic carbocycles. The molecule has 0 spiro atoms. The third-order valence-corrected chi connectivity index (χ3v) is 1.96. The summed E-state index contributed by atoms with van der Waals surface area (Å²) in [5.41, 5.74) is -1.10. The second-order valence-electron chi connectivity index (χ2n) is 3.23. The Bertz CT molecular complexity index is 496. The van der Waals surface area contributed by atoms with Gasteiger partial charge in [0.25, 0.3) is 6.43 Å². The number of hydrogen-bond donors (Lipinski definition) is 0. The van der Waals surface area contributed by atoms with Crippen molar-refractivity contribution in [2.24, 2.45) is 0 Å². The van der Waals surface area contributed by atoms with Crippen molar-refractivity contribution in [3.63, 3.8) is 0 Å². The van der Waals surface area contributed by atoms with E-state index >= 15 is 0 Å². The summed E-state index contributed by atoms with van der Waals surface area (Å²) in [6, 6.07) is 2.25. The summed E-state index contributed by atoms with van der Waals surface area (Å²) in [5, 5.41) is 8.47. The molecule has 4 nitrogen and oxygen atoms in total. The van der Waals surface area contributed by atoms with Gasteiger partial charge in [0.05, 0.1) is 25.2 Å². The molecule has 0 aliphatic rings. The van der Waals surface area contributed by atoms with E-state index in [1.165, 1.54) is 0 Å². The molecule has 1 heterocycles. The minimum absolute atomic E-state index is 0.393. The quantitative estimate of drug-likeness (QED) is 0.797. The van der Waals surface area contributed by atoms with Gasteiger partial charge in [-0.15, -0.1) is 13.2 Å². The van der Waals surface area contributed by atoms with Crippen LogP contribution in [0.15, 0.2) is 6.07 Å². The molecule has 0 unspecified atom stereocenters. The molecule has 1 aromatic rings. The van der Waals surface area contributed by atoms with Crippen LogP contribution in [-0.4, -0.2) is 18.5 Å². The predicted octanol–water partition coefficient (Wildman–Crippen LogP) is 2.99. The van der Waals surface area contributed by atoms with Crippen LogP contribution in [0.5, 0.6) is 11.8 Å². The van der Waals surface area contributed by atoms with Gasteiger partial charge >= 0.3 is 6.36 Å².